The van der Waals surface area contributed by atoms with Crippen molar-refractivity contribution in [3.8, 4) is 0 Å². The molecule has 2 aromatic heterocycles. The molecule has 6 heteroatoms. The van der Waals surface area contributed by atoms with Crippen LogP contribution >= 0.6 is 0 Å². The molecular weight excluding hydrogens is 268 g/mol. The number of hydrogen-bond acceptors (Lipinski definition) is 5. The third-order valence-electron chi connectivity index (χ3n) is 3.65. The van der Waals surface area contributed by atoms with E-state index in [9.17, 15) is 4.79 Å². The molecule has 0 bridgehead atoms. The van der Waals surface area contributed by atoms with Crippen LogP contribution in [0, 0.1) is 20.8 Å². The van der Waals surface area contributed by atoms with E-state index in [1.165, 1.54) is 6.26 Å². The molecule has 1 atom stereocenters. The van der Waals surface area contributed by atoms with Gasteiger partial charge < -0.3 is 9.32 Å². The normalized spacial score (nSPS) is 18.2. The third kappa shape index (κ3) is 2.66. The summed E-state index contributed by atoms with van der Waals surface area (Å²) in [5.74, 6) is 1.10. The first kappa shape index (κ1) is 13.7. The fourth-order valence-corrected chi connectivity index (χ4v) is 2.79. The number of nitrogens with zero attached hydrogens (tertiary/aromatic N) is 4. The molecule has 3 rings (SSSR count). The maximum atomic E-state index is 12.6. The van der Waals surface area contributed by atoms with E-state index in [4.69, 9.17) is 4.42 Å². The molecule has 1 aliphatic rings. The number of aromatic nitrogens is 3. The van der Waals surface area contributed by atoms with E-state index in [0.29, 0.717) is 18.1 Å². The van der Waals surface area contributed by atoms with Crippen LogP contribution in [0.1, 0.15) is 52.5 Å². The van der Waals surface area contributed by atoms with Crippen LogP contribution < -0.4 is 0 Å². The minimum Gasteiger partial charge on any atom is -0.448 e. The second-order valence-electron chi connectivity index (χ2n) is 5.42. The van der Waals surface area contributed by atoms with E-state index < -0.39 is 0 Å². The molecular formula is C15H18N4O2. The number of rotatable bonds is 2. The van der Waals surface area contributed by atoms with Crippen LogP contribution in [-0.4, -0.2) is 32.3 Å². The van der Waals surface area contributed by atoms with Gasteiger partial charge >= 0.3 is 0 Å². The molecule has 1 aliphatic heterocycles. The number of aryl methyl sites for hydroxylation is 3. The highest BCUT2D eigenvalue weighted by Crippen LogP contribution is 2.31. The minimum absolute atomic E-state index is 0.0758. The van der Waals surface area contributed by atoms with E-state index in [1.807, 2.05) is 19.9 Å². The van der Waals surface area contributed by atoms with Crippen LogP contribution in [-0.2, 0) is 0 Å². The van der Waals surface area contributed by atoms with Crippen LogP contribution in [0.25, 0.3) is 0 Å². The van der Waals surface area contributed by atoms with Crippen molar-refractivity contribution in [1.82, 2.24) is 19.9 Å². The summed E-state index contributed by atoms with van der Waals surface area (Å²) in [5, 5.41) is 0. The van der Waals surface area contributed by atoms with E-state index in [-0.39, 0.29) is 11.9 Å². The lowest BCUT2D eigenvalue weighted by molar-refractivity contribution is 0.0723. The van der Waals surface area contributed by atoms with Crippen molar-refractivity contribution < 1.29 is 9.21 Å². The van der Waals surface area contributed by atoms with Crippen molar-refractivity contribution in [2.75, 3.05) is 6.54 Å². The Labute approximate surface area is 123 Å². The molecule has 0 saturated carbocycles. The van der Waals surface area contributed by atoms with Crippen molar-refractivity contribution in [3.05, 3.63) is 41.1 Å². The summed E-state index contributed by atoms with van der Waals surface area (Å²) in [6.07, 6.45) is 3.24. The molecule has 1 saturated heterocycles. The highest BCUT2D eigenvalue weighted by Gasteiger charge is 2.33. The molecule has 3 heterocycles. The number of amides is 1. The topological polar surface area (TPSA) is 72.1 Å². The van der Waals surface area contributed by atoms with Gasteiger partial charge in [-0.2, -0.15) is 0 Å². The second kappa shape index (κ2) is 5.27. The van der Waals surface area contributed by atoms with E-state index in [1.54, 1.807) is 11.8 Å². The Hall–Kier alpha value is -2.24. The Morgan fingerprint density at radius 1 is 1.24 bits per heavy atom. The van der Waals surface area contributed by atoms with Gasteiger partial charge in [0, 0.05) is 24.9 Å². The van der Waals surface area contributed by atoms with Gasteiger partial charge in [-0.3, -0.25) is 4.79 Å². The molecule has 0 radical (unpaired) electrons. The first-order valence-electron chi connectivity index (χ1n) is 7.10. The summed E-state index contributed by atoms with van der Waals surface area (Å²) < 4.78 is 5.13. The Bertz CT molecular complexity index is 660. The number of oxazole rings is 1. The van der Waals surface area contributed by atoms with Crippen molar-refractivity contribution in [3.63, 3.8) is 0 Å². The van der Waals surface area contributed by atoms with Crippen LogP contribution in [0.15, 0.2) is 16.7 Å². The summed E-state index contributed by atoms with van der Waals surface area (Å²) in [7, 11) is 0. The van der Waals surface area contributed by atoms with Gasteiger partial charge in [-0.1, -0.05) is 0 Å². The van der Waals surface area contributed by atoms with Crippen molar-refractivity contribution in [1.29, 1.82) is 0 Å². The van der Waals surface area contributed by atoms with Gasteiger partial charge in [0.25, 0.3) is 5.91 Å². The summed E-state index contributed by atoms with van der Waals surface area (Å²) in [6.45, 7) is 6.32. The van der Waals surface area contributed by atoms with Crippen molar-refractivity contribution >= 4 is 5.91 Å². The molecule has 1 amide bonds. The van der Waals surface area contributed by atoms with E-state index in [2.05, 4.69) is 15.0 Å². The third-order valence-corrected chi connectivity index (χ3v) is 3.65. The number of carbonyl (C=O) groups is 1. The van der Waals surface area contributed by atoms with Crippen LogP contribution in [0.2, 0.25) is 0 Å². The minimum atomic E-state index is -0.114. The molecule has 0 spiro atoms. The molecule has 6 nitrogen and oxygen atoms in total. The lowest BCUT2D eigenvalue weighted by Gasteiger charge is -2.23. The first-order chi connectivity index (χ1) is 10.0. The Kier molecular flexibility index (Phi) is 3.45. The molecule has 0 N–H and O–H groups in total. The lowest BCUT2D eigenvalue weighted by atomic mass is 10.2. The number of hydrogen-bond donors (Lipinski definition) is 0. The van der Waals surface area contributed by atoms with Crippen molar-refractivity contribution in [2.24, 2.45) is 0 Å². The maximum Gasteiger partial charge on any atom is 0.276 e. The van der Waals surface area contributed by atoms with Crippen LogP contribution in [0.3, 0.4) is 0 Å². The predicted molar refractivity (Wildman–Crippen MR) is 75.8 cm³/mol. The molecule has 2 aromatic rings. The lowest BCUT2D eigenvalue weighted by Crippen LogP contribution is -2.32. The highest BCUT2D eigenvalue weighted by molar-refractivity contribution is 5.92. The van der Waals surface area contributed by atoms with Gasteiger partial charge in [0.05, 0.1) is 6.04 Å². The van der Waals surface area contributed by atoms with Crippen LogP contribution in [0.4, 0.5) is 0 Å². The second-order valence-corrected chi connectivity index (χ2v) is 5.42. The Morgan fingerprint density at radius 2 is 1.95 bits per heavy atom. The van der Waals surface area contributed by atoms with E-state index in [0.717, 1.165) is 30.1 Å². The molecule has 0 aromatic carbocycles. The SMILES string of the molecule is Cc1cc(C)nc([C@@H]2CCCN2C(=O)c2coc(C)n2)n1. The van der Waals surface area contributed by atoms with Gasteiger partial charge in [-0.15, -0.1) is 0 Å². The number of likely N-dealkylation sites (tertiary alicyclic amines) is 1. The number of carbonyl (C=O) groups excluding carboxylic acids is 1. The Morgan fingerprint density at radius 3 is 2.57 bits per heavy atom. The molecule has 110 valence electrons. The first-order valence-corrected chi connectivity index (χ1v) is 7.10. The fraction of sp³-hybridized carbons (Fsp3) is 0.467. The van der Waals surface area contributed by atoms with Crippen molar-refractivity contribution in [2.45, 2.75) is 39.7 Å². The summed E-state index contributed by atoms with van der Waals surface area (Å²) in [5.41, 5.74) is 2.20. The summed E-state index contributed by atoms with van der Waals surface area (Å²) in [6, 6.07) is 1.86. The van der Waals surface area contributed by atoms with Gasteiger partial charge in [0.1, 0.15) is 6.26 Å². The monoisotopic (exact) mass is 286 g/mol. The Balaban J connectivity index is 1.90. The van der Waals surface area contributed by atoms with Crippen LogP contribution in [0.5, 0.6) is 0 Å². The average Bonchev–Trinajstić information content (AvgIpc) is 3.05. The molecule has 0 unspecified atom stereocenters. The molecule has 0 aliphatic carbocycles. The maximum absolute atomic E-state index is 12.6. The average molecular weight is 286 g/mol. The van der Waals surface area contributed by atoms with E-state index >= 15 is 0 Å². The quantitative estimate of drug-likeness (QED) is 0.847. The summed E-state index contributed by atoms with van der Waals surface area (Å²) >= 11 is 0. The fourth-order valence-electron chi connectivity index (χ4n) is 2.79. The largest absolute Gasteiger partial charge is 0.448 e. The zero-order valence-corrected chi connectivity index (χ0v) is 12.5. The smallest absolute Gasteiger partial charge is 0.276 e. The zero-order chi connectivity index (χ0) is 15.0. The molecule has 1 fully saturated rings. The molecule has 21 heavy (non-hydrogen) atoms. The standard InChI is InChI=1S/C15H18N4O2/c1-9-7-10(2)17-14(16-9)13-5-4-6-19(13)15(20)12-8-21-11(3)18-12/h7-8,13H,4-6H2,1-3H3/t13-/m0/s1. The van der Waals surface area contributed by atoms with Gasteiger partial charge in [-0.05, 0) is 32.8 Å². The van der Waals surface area contributed by atoms with Gasteiger partial charge in [0.15, 0.2) is 17.4 Å². The van der Waals surface area contributed by atoms with Gasteiger partial charge in [-0.25, -0.2) is 15.0 Å². The van der Waals surface area contributed by atoms with Gasteiger partial charge in [0.2, 0.25) is 0 Å². The predicted octanol–water partition coefficient (Wildman–Crippen LogP) is 2.37. The highest BCUT2D eigenvalue weighted by atomic mass is 16.3. The zero-order valence-electron chi connectivity index (χ0n) is 12.5. The summed E-state index contributed by atoms with van der Waals surface area (Å²) in [4.78, 5) is 27.5.